The van der Waals surface area contributed by atoms with Gasteiger partial charge in [-0.2, -0.15) is 0 Å². The molecule has 1 heterocycles. The molecule has 1 aliphatic rings. The molecule has 0 radical (unpaired) electrons. The smallest absolute Gasteiger partial charge is 0.269 e. The Labute approximate surface area is 153 Å². The Morgan fingerprint density at radius 2 is 1.68 bits per heavy atom. The number of benzene rings is 2. The minimum absolute atomic E-state index is 0.114. The predicted molar refractivity (Wildman–Crippen MR) is 96.7 cm³/mol. The number of hydrazine groups is 1. The molecule has 2 N–H and O–H groups in total. The molecule has 3 rings (SSSR count). The first-order valence-corrected chi connectivity index (χ1v) is 8.55. The van der Waals surface area contributed by atoms with Gasteiger partial charge in [-0.25, -0.2) is 0 Å². The third kappa shape index (κ3) is 4.06. The number of carbonyl (C=O) groups is 3. The van der Waals surface area contributed by atoms with E-state index in [0.29, 0.717) is 5.56 Å². The fraction of sp³-hybridized carbons (Fsp3) is 0.167. The number of rotatable bonds is 3. The number of hydrogen-bond acceptors (Lipinski definition) is 3. The maximum Gasteiger partial charge on any atom is 0.269 e. The summed E-state index contributed by atoms with van der Waals surface area (Å²) < 4.78 is 0.917. The monoisotopic (exact) mass is 401 g/mol. The molecule has 1 fully saturated rings. The van der Waals surface area contributed by atoms with Gasteiger partial charge < -0.3 is 4.90 Å². The van der Waals surface area contributed by atoms with Crippen molar-refractivity contribution in [3.63, 3.8) is 0 Å². The molecule has 0 aliphatic carbocycles. The van der Waals surface area contributed by atoms with Crippen LogP contribution in [0.25, 0.3) is 0 Å². The van der Waals surface area contributed by atoms with Crippen LogP contribution < -0.4 is 15.8 Å². The van der Waals surface area contributed by atoms with E-state index in [-0.39, 0.29) is 24.8 Å². The van der Waals surface area contributed by atoms with Crippen LogP contribution in [0.5, 0.6) is 0 Å². The van der Waals surface area contributed by atoms with E-state index >= 15 is 0 Å². The average Bonchev–Trinajstić information content (AvgIpc) is 3.02. The molecule has 1 saturated heterocycles. The molecule has 2 aromatic carbocycles. The summed E-state index contributed by atoms with van der Waals surface area (Å²) >= 11 is 3.35. The summed E-state index contributed by atoms with van der Waals surface area (Å²) in [5.74, 6) is -1.40. The minimum atomic E-state index is -0.507. The first-order valence-electron chi connectivity index (χ1n) is 7.76. The van der Waals surface area contributed by atoms with Gasteiger partial charge in [0, 0.05) is 28.7 Å². The van der Waals surface area contributed by atoms with Gasteiger partial charge in [0.05, 0.1) is 5.92 Å². The number of nitrogens with zero attached hydrogens (tertiary/aromatic N) is 1. The SMILES string of the molecule is O=C(NNC(=O)[C@H]1CC(=O)N(c2ccc(Br)cc2)C1)c1ccccc1. The van der Waals surface area contributed by atoms with Gasteiger partial charge in [-0.15, -0.1) is 0 Å². The lowest BCUT2D eigenvalue weighted by atomic mass is 10.1. The lowest BCUT2D eigenvalue weighted by Gasteiger charge is -2.17. The van der Waals surface area contributed by atoms with Crippen molar-refractivity contribution >= 4 is 39.3 Å². The van der Waals surface area contributed by atoms with Crippen molar-refractivity contribution < 1.29 is 14.4 Å². The van der Waals surface area contributed by atoms with Crippen LogP contribution in [0.3, 0.4) is 0 Å². The van der Waals surface area contributed by atoms with Crippen LogP contribution in [0.1, 0.15) is 16.8 Å². The second-order valence-corrected chi connectivity index (χ2v) is 6.61. The maximum atomic E-state index is 12.2. The zero-order valence-electron chi connectivity index (χ0n) is 13.2. The van der Waals surface area contributed by atoms with Gasteiger partial charge >= 0.3 is 0 Å². The summed E-state index contributed by atoms with van der Waals surface area (Å²) in [5.41, 5.74) is 5.97. The molecule has 128 valence electrons. The van der Waals surface area contributed by atoms with Crippen molar-refractivity contribution in [1.29, 1.82) is 0 Å². The quantitative estimate of drug-likeness (QED) is 0.774. The van der Waals surface area contributed by atoms with Crippen LogP contribution in [0.4, 0.5) is 5.69 Å². The molecule has 0 spiro atoms. The van der Waals surface area contributed by atoms with Crippen LogP contribution >= 0.6 is 15.9 Å². The first-order chi connectivity index (χ1) is 12.0. The molecule has 1 atom stereocenters. The Bertz CT molecular complexity index is 793. The number of carbonyl (C=O) groups excluding carboxylic acids is 3. The van der Waals surface area contributed by atoms with Gasteiger partial charge in [-0.05, 0) is 36.4 Å². The summed E-state index contributed by atoms with van der Waals surface area (Å²) in [6, 6.07) is 15.9. The zero-order chi connectivity index (χ0) is 17.8. The predicted octanol–water partition coefficient (Wildman–Crippen LogP) is 2.26. The number of anilines is 1. The van der Waals surface area contributed by atoms with Crippen molar-refractivity contribution in [2.45, 2.75) is 6.42 Å². The summed E-state index contributed by atoms with van der Waals surface area (Å²) in [7, 11) is 0. The minimum Gasteiger partial charge on any atom is -0.312 e. The van der Waals surface area contributed by atoms with E-state index in [9.17, 15) is 14.4 Å². The Kier molecular flexibility index (Phi) is 5.14. The molecular formula is C18H16BrN3O3. The van der Waals surface area contributed by atoms with Crippen molar-refractivity contribution in [2.24, 2.45) is 5.92 Å². The van der Waals surface area contributed by atoms with E-state index in [1.165, 1.54) is 0 Å². The Morgan fingerprint density at radius 1 is 1.00 bits per heavy atom. The molecule has 2 aromatic rings. The zero-order valence-corrected chi connectivity index (χ0v) is 14.8. The van der Waals surface area contributed by atoms with E-state index in [1.807, 2.05) is 24.3 Å². The molecule has 0 unspecified atom stereocenters. The lowest BCUT2D eigenvalue weighted by Crippen LogP contribution is -2.45. The molecule has 0 aromatic heterocycles. The van der Waals surface area contributed by atoms with Crippen LogP contribution in [0.15, 0.2) is 59.1 Å². The van der Waals surface area contributed by atoms with Crippen LogP contribution in [-0.4, -0.2) is 24.3 Å². The fourth-order valence-corrected chi connectivity index (χ4v) is 2.90. The Hall–Kier alpha value is -2.67. The summed E-state index contributed by atoms with van der Waals surface area (Å²) in [4.78, 5) is 37.9. The molecule has 0 bridgehead atoms. The summed E-state index contributed by atoms with van der Waals surface area (Å²) in [5, 5.41) is 0. The van der Waals surface area contributed by atoms with Gasteiger partial charge in [0.15, 0.2) is 0 Å². The number of amides is 3. The molecule has 3 amide bonds. The van der Waals surface area contributed by atoms with Crippen LogP contribution in [0, 0.1) is 5.92 Å². The van der Waals surface area contributed by atoms with Gasteiger partial charge in [-0.3, -0.25) is 25.2 Å². The molecule has 25 heavy (non-hydrogen) atoms. The highest BCUT2D eigenvalue weighted by Crippen LogP contribution is 2.26. The number of halogens is 1. The summed E-state index contributed by atoms with van der Waals surface area (Å²) in [6.45, 7) is 0.285. The lowest BCUT2D eigenvalue weighted by molar-refractivity contribution is -0.126. The fourth-order valence-electron chi connectivity index (χ4n) is 2.64. The third-order valence-corrected chi connectivity index (χ3v) is 4.50. The third-order valence-electron chi connectivity index (χ3n) is 3.97. The van der Waals surface area contributed by atoms with Crippen molar-refractivity contribution in [1.82, 2.24) is 10.9 Å². The normalized spacial score (nSPS) is 16.6. The highest BCUT2D eigenvalue weighted by Gasteiger charge is 2.35. The highest BCUT2D eigenvalue weighted by molar-refractivity contribution is 9.10. The van der Waals surface area contributed by atoms with Gasteiger partial charge in [-0.1, -0.05) is 34.1 Å². The second kappa shape index (κ2) is 7.48. The maximum absolute atomic E-state index is 12.2. The topological polar surface area (TPSA) is 78.5 Å². The van der Waals surface area contributed by atoms with Gasteiger partial charge in [0.25, 0.3) is 5.91 Å². The van der Waals surface area contributed by atoms with Crippen molar-refractivity contribution in [3.05, 3.63) is 64.6 Å². The van der Waals surface area contributed by atoms with Gasteiger partial charge in [0.1, 0.15) is 0 Å². The van der Waals surface area contributed by atoms with E-state index in [1.54, 1.807) is 35.2 Å². The van der Waals surface area contributed by atoms with Crippen LogP contribution in [0.2, 0.25) is 0 Å². The average molecular weight is 402 g/mol. The van der Waals surface area contributed by atoms with Crippen LogP contribution in [-0.2, 0) is 9.59 Å². The van der Waals surface area contributed by atoms with E-state index in [0.717, 1.165) is 10.2 Å². The molecule has 7 heteroatoms. The highest BCUT2D eigenvalue weighted by atomic mass is 79.9. The first kappa shape index (κ1) is 17.2. The Balaban J connectivity index is 1.57. The second-order valence-electron chi connectivity index (χ2n) is 5.69. The van der Waals surface area contributed by atoms with Crippen molar-refractivity contribution in [3.8, 4) is 0 Å². The van der Waals surface area contributed by atoms with E-state index in [4.69, 9.17) is 0 Å². The molecule has 0 saturated carbocycles. The number of hydrogen-bond donors (Lipinski definition) is 2. The van der Waals surface area contributed by atoms with E-state index < -0.39 is 11.8 Å². The van der Waals surface area contributed by atoms with Crippen molar-refractivity contribution in [2.75, 3.05) is 11.4 Å². The standard InChI is InChI=1S/C18H16BrN3O3/c19-14-6-8-15(9-7-14)22-11-13(10-16(22)23)18(25)21-20-17(24)12-4-2-1-3-5-12/h1-9,13H,10-11H2,(H,20,24)(H,21,25)/t13-/m0/s1. The molecule has 1 aliphatic heterocycles. The summed E-state index contributed by atoms with van der Waals surface area (Å²) in [6.07, 6.45) is 0.114. The largest absolute Gasteiger partial charge is 0.312 e. The number of nitrogens with one attached hydrogen (secondary N) is 2. The Morgan fingerprint density at radius 3 is 2.36 bits per heavy atom. The molecule has 6 nitrogen and oxygen atoms in total. The molecular weight excluding hydrogens is 386 g/mol. The van der Waals surface area contributed by atoms with E-state index in [2.05, 4.69) is 26.8 Å². The van der Waals surface area contributed by atoms with Gasteiger partial charge in [0.2, 0.25) is 11.8 Å².